The third-order valence-electron chi connectivity index (χ3n) is 7.72. The van der Waals surface area contributed by atoms with Crippen molar-refractivity contribution in [2.24, 2.45) is 5.41 Å². The number of nitrogens with two attached hydrogens (primary N) is 2. The summed E-state index contributed by atoms with van der Waals surface area (Å²) in [5.41, 5.74) is 15.0. The lowest BCUT2D eigenvalue weighted by Gasteiger charge is -2.44. The lowest BCUT2D eigenvalue weighted by molar-refractivity contribution is 0.101. The maximum Gasteiger partial charge on any atom is 0.159 e. The lowest BCUT2D eigenvalue weighted by atomic mass is 9.73. The molecule has 5 rings (SSSR count). The van der Waals surface area contributed by atoms with Crippen LogP contribution in [0.4, 0.5) is 17.5 Å². The van der Waals surface area contributed by atoms with Gasteiger partial charge in [-0.05, 0) is 70.2 Å². The minimum absolute atomic E-state index is 0.0294. The van der Waals surface area contributed by atoms with Gasteiger partial charge in [-0.15, -0.1) is 4.72 Å². The summed E-state index contributed by atoms with van der Waals surface area (Å²) in [6.07, 6.45) is 5.92. The van der Waals surface area contributed by atoms with Crippen molar-refractivity contribution in [1.82, 2.24) is 19.7 Å². The normalized spacial score (nSPS) is 19.1. The van der Waals surface area contributed by atoms with E-state index in [0.717, 1.165) is 37.9 Å². The van der Waals surface area contributed by atoms with E-state index in [2.05, 4.69) is 30.6 Å². The zero-order valence-corrected chi connectivity index (χ0v) is 25.4. The third kappa shape index (κ3) is 5.62. The molecule has 1 fully saturated rings. The summed E-state index contributed by atoms with van der Waals surface area (Å²) in [7, 11) is 0. The van der Waals surface area contributed by atoms with Gasteiger partial charge < -0.3 is 20.9 Å². The van der Waals surface area contributed by atoms with Crippen LogP contribution in [-0.2, 0) is 17.8 Å². The fraction of sp³-hybridized carbons (Fsp3) is 0.429. The van der Waals surface area contributed by atoms with Gasteiger partial charge in [0.15, 0.2) is 11.6 Å². The number of carbonyl (C=O) groups excluding carboxylic acids is 1. The van der Waals surface area contributed by atoms with E-state index in [4.69, 9.17) is 23.1 Å². The number of carbonyl (C=O) groups is 1. The Bertz CT molecular complexity index is 1440. The number of ketones is 1. The van der Waals surface area contributed by atoms with Gasteiger partial charge in [-0.25, -0.2) is 15.0 Å². The molecule has 1 unspecified atom stereocenters. The predicted molar refractivity (Wildman–Crippen MR) is 162 cm³/mol. The Hall–Kier alpha value is -2.57. The topological polar surface area (TPSA) is 146 Å². The standard InChI is InChI=1S/C28H34ClN7O2S2/c1-16(37)17-5-6-18-14-28(23(19(18)13-17)35-40(38)27(2,3)4)8-11-36(12-9-28)21-15-33-26(25(31)34-21)39-20-7-10-32-24(30)22(20)29/h5-7,10,13,15,23,35H,8-9,11-12,14H2,1-4H3,(H2,30,32)(H2,31,34)/t23-,40?/m1/s1. The van der Waals surface area contributed by atoms with Crippen molar-refractivity contribution in [1.29, 1.82) is 0 Å². The van der Waals surface area contributed by atoms with Gasteiger partial charge >= 0.3 is 0 Å². The summed E-state index contributed by atoms with van der Waals surface area (Å²) in [6.45, 7) is 8.99. The van der Waals surface area contributed by atoms with Crippen LogP contribution < -0.4 is 21.1 Å². The van der Waals surface area contributed by atoms with Crippen molar-refractivity contribution in [2.75, 3.05) is 29.5 Å². The number of pyridine rings is 1. The molecular formula is C28H34ClN7O2S2. The Balaban J connectivity index is 1.35. The van der Waals surface area contributed by atoms with Gasteiger partial charge in [-0.2, -0.15) is 0 Å². The van der Waals surface area contributed by atoms with Crippen molar-refractivity contribution in [3.63, 3.8) is 0 Å². The molecule has 5 N–H and O–H groups in total. The Morgan fingerprint density at radius 3 is 2.58 bits per heavy atom. The van der Waals surface area contributed by atoms with Crippen LogP contribution in [0.15, 0.2) is 46.6 Å². The molecule has 1 saturated heterocycles. The number of nitrogens with one attached hydrogen (secondary N) is 1. The van der Waals surface area contributed by atoms with Crippen molar-refractivity contribution in [2.45, 2.75) is 67.7 Å². The first kappa shape index (κ1) is 28.9. The van der Waals surface area contributed by atoms with E-state index in [1.165, 1.54) is 17.3 Å². The molecule has 2 aliphatic rings. The average molecular weight is 600 g/mol. The highest BCUT2D eigenvalue weighted by atomic mass is 35.5. The second kappa shape index (κ2) is 11.0. The van der Waals surface area contributed by atoms with Gasteiger partial charge in [0.25, 0.3) is 0 Å². The molecule has 2 aromatic heterocycles. The minimum atomic E-state index is -1.26. The molecule has 1 aliphatic carbocycles. The van der Waals surface area contributed by atoms with Crippen LogP contribution in [0.5, 0.6) is 0 Å². The summed E-state index contributed by atoms with van der Waals surface area (Å²) < 4.78 is 16.3. The van der Waals surface area contributed by atoms with Crippen molar-refractivity contribution in [3.05, 3.63) is 58.4 Å². The quantitative estimate of drug-likeness (QED) is 0.262. The highest BCUT2D eigenvalue weighted by Crippen LogP contribution is 2.53. The van der Waals surface area contributed by atoms with E-state index in [-0.39, 0.29) is 23.1 Å². The first-order valence-corrected chi connectivity index (χ1v) is 15.5. The zero-order valence-electron chi connectivity index (χ0n) is 23.0. The molecule has 1 spiro atoms. The van der Waals surface area contributed by atoms with Crippen molar-refractivity contribution >= 4 is 58.0 Å². The predicted octanol–water partition coefficient (Wildman–Crippen LogP) is 4.98. The van der Waals surface area contributed by atoms with Crippen LogP contribution in [0.25, 0.3) is 0 Å². The first-order chi connectivity index (χ1) is 18.9. The largest absolute Gasteiger partial charge is 0.598 e. The Labute approximate surface area is 247 Å². The van der Waals surface area contributed by atoms with Crippen LogP contribution in [0.3, 0.4) is 0 Å². The number of aromatic nitrogens is 3. The van der Waals surface area contributed by atoms with Crippen LogP contribution in [0, 0.1) is 5.41 Å². The molecule has 12 heteroatoms. The number of nitrogens with zero attached hydrogens (tertiary/aromatic N) is 4. The Kier molecular flexibility index (Phi) is 7.97. The number of anilines is 3. The van der Waals surface area contributed by atoms with Gasteiger partial charge in [0.05, 0.1) is 17.3 Å². The van der Waals surface area contributed by atoms with Crippen LogP contribution in [-0.4, -0.2) is 43.1 Å². The summed E-state index contributed by atoms with van der Waals surface area (Å²) >= 11 is 6.33. The number of halogens is 1. The number of hydrogen-bond acceptors (Lipinski definition) is 10. The molecule has 0 bridgehead atoms. The second-order valence-corrected chi connectivity index (χ2v) is 14.9. The molecule has 1 aliphatic heterocycles. The van der Waals surface area contributed by atoms with E-state index in [9.17, 15) is 9.35 Å². The maximum atomic E-state index is 13.3. The number of fused-ring (bicyclic) bond motifs is 1. The number of piperidine rings is 1. The third-order valence-corrected chi connectivity index (χ3v) is 10.9. The van der Waals surface area contributed by atoms with E-state index >= 15 is 0 Å². The lowest BCUT2D eigenvalue weighted by Crippen LogP contribution is -2.50. The number of benzene rings is 1. The van der Waals surface area contributed by atoms with Crippen molar-refractivity contribution in [3.8, 4) is 0 Å². The summed E-state index contributed by atoms with van der Waals surface area (Å²) in [6, 6.07) is 7.60. The van der Waals surface area contributed by atoms with E-state index in [1.54, 1.807) is 25.4 Å². The zero-order chi connectivity index (χ0) is 28.8. The van der Waals surface area contributed by atoms with Gasteiger partial charge in [-0.3, -0.25) is 4.79 Å². The van der Waals surface area contributed by atoms with Gasteiger partial charge in [0, 0.05) is 46.5 Å². The number of nitrogen functional groups attached to an aromatic ring is 2. The minimum Gasteiger partial charge on any atom is -0.598 e. The monoisotopic (exact) mass is 599 g/mol. The summed E-state index contributed by atoms with van der Waals surface area (Å²) in [5.74, 6) is 1.32. The molecule has 9 nitrogen and oxygen atoms in total. The smallest absolute Gasteiger partial charge is 0.159 e. The molecule has 0 radical (unpaired) electrons. The Morgan fingerprint density at radius 2 is 1.93 bits per heavy atom. The van der Waals surface area contributed by atoms with E-state index < -0.39 is 16.1 Å². The summed E-state index contributed by atoms with van der Waals surface area (Å²) in [5, 5.41) is 0.911. The van der Waals surface area contributed by atoms with Gasteiger partial charge in [-0.1, -0.05) is 35.5 Å². The van der Waals surface area contributed by atoms with Crippen LogP contribution >= 0.6 is 23.4 Å². The molecule has 1 aromatic carbocycles. The molecule has 3 aromatic rings. The highest BCUT2D eigenvalue weighted by molar-refractivity contribution is 7.99. The molecule has 0 amide bonds. The van der Waals surface area contributed by atoms with Gasteiger partial charge in [0.2, 0.25) is 0 Å². The molecule has 2 atom stereocenters. The fourth-order valence-electron chi connectivity index (χ4n) is 5.41. The first-order valence-electron chi connectivity index (χ1n) is 13.1. The number of rotatable bonds is 6. The molecule has 0 saturated carbocycles. The maximum absolute atomic E-state index is 13.3. The Morgan fingerprint density at radius 1 is 1.20 bits per heavy atom. The van der Waals surface area contributed by atoms with Crippen LogP contribution in [0.2, 0.25) is 5.02 Å². The molecule has 212 valence electrons. The molecule has 3 heterocycles. The van der Waals surface area contributed by atoms with Crippen LogP contribution in [0.1, 0.15) is 68.1 Å². The SMILES string of the molecule is CC(=O)c1ccc2c(c1)[C@@H](N[S+]([O-])C(C)(C)C)C1(CCN(c3cnc(Sc4ccnc(N)c4Cl)c(N)n3)CC1)C2. The van der Waals surface area contributed by atoms with E-state index in [0.29, 0.717) is 32.1 Å². The number of hydrogen-bond donors (Lipinski definition) is 3. The highest BCUT2D eigenvalue weighted by Gasteiger charge is 2.50. The average Bonchev–Trinajstić information content (AvgIpc) is 3.19. The number of Topliss-reactive ketones (excluding diaryl/α,β-unsaturated/α-hetero) is 1. The summed E-state index contributed by atoms with van der Waals surface area (Å²) in [4.78, 5) is 28.3. The molecule has 40 heavy (non-hydrogen) atoms. The van der Waals surface area contributed by atoms with Gasteiger partial charge in [0.1, 0.15) is 21.4 Å². The molecular weight excluding hydrogens is 566 g/mol. The van der Waals surface area contributed by atoms with Crippen molar-refractivity contribution < 1.29 is 9.35 Å². The fourth-order valence-corrected chi connectivity index (χ4v) is 7.37. The second-order valence-electron chi connectivity index (χ2n) is 11.5. The van der Waals surface area contributed by atoms with E-state index in [1.807, 2.05) is 32.9 Å².